The molecule has 0 unspecified atom stereocenters. The highest BCUT2D eigenvalue weighted by Gasteiger charge is 2.02. The van der Waals surface area contributed by atoms with Crippen LogP contribution in [-0.2, 0) is 0 Å². The van der Waals surface area contributed by atoms with E-state index in [0.29, 0.717) is 5.82 Å². The van der Waals surface area contributed by atoms with Crippen LogP contribution in [0.5, 0.6) is 0 Å². The van der Waals surface area contributed by atoms with E-state index in [9.17, 15) is 0 Å². The Labute approximate surface area is 91.3 Å². The van der Waals surface area contributed by atoms with Gasteiger partial charge in [-0.25, -0.2) is 9.97 Å². The monoisotopic (exact) mass is 208 g/mol. The lowest BCUT2D eigenvalue weighted by Gasteiger charge is -2.08. The molecule has 0 saturated carbocycles. The van der Waals surface area contributed by atoms with E-state index in [1.165, 1.54) is 32.0 Å². The molecule has 15 heavy (non-hydrogen) atoms. The van der Waals surface area contributed by atoms with Gasteiger partial charge in [-0.2, -0.15) is 0 Å². The third-order valence-electron chi connectivity index (χ3n) is 2.45. The quantitative estimate of drug-likeness (QED) is 0.704. The highest BCUT2D eigenvalue weighted by molar-refractivity contribution is 5.53. The first-order valence-electron chi connectivity index (χ1n) is 5.56. The second kappa shape index (κ2) is 6.22. The Morgan fingerprint density at radius 2 is 2.07 bits per heavy atom. The third-order valence-corrected chi connectivity index (χ3v) is 2.45. The van der Waals surface area contributed by atoms with E-state index >= 15 is 0 Å². The predicted molar refractivity (Wildman–Crippen MR) is 63.8 cm³/mol. The van der Waals surface area contributed by atoms with E-state index in [1.54, 1.807) is 0 Å². The van der Waals surface area contributed by atoms with Crippen LogP contribution < -0.4 is 11.1 Å². The van der Waals surface area contributed by atoms with Crippen molar-refractivity contribution in [2.24, 2.45) is 0 Å². The van der Waals surface area contributed by atoms with Gasteiger partial charge < -0.3 is 11.1 Å². The summed E-state index contributed by atoms with van der Waals surface area (Å²) in [6.45, 7) is 5.10. The van der Waals surface area contributed by atoms with Gasteiger partial charge in [-0.1, -0.05) is 26.2 Å². The molecule has 0 saturated heterocycles. The molecule has 0 aromatic carbocycles. The fourth-order valence-electron chi connectivity index (χ4n) is 1.40. The van der Waals surface area contributed by atoms with Crippen molar-refractivity contribution >= 4 is 11.6 Å². The lowest BCUT2D eigenvalue weighted by molar-refractivity contribution is 0.684. The molecule has 1 aromatic heterocycles. The topological polar surface area (TPSA) is 63.8 Å². The molecule has 0 aliphatic heterocycles. The van der Waals surface area contributed by atoms with Crippen LogP contribution in [0.4, 0.5) is 11.6 Å². The van der Waals surface area contributed by atoms with Crippen molar-refractivity contribution in [2.45, 2.75) is 39.5 Å². The molecule has 0 amide bonds. The first-order valence-corrected chi connectivity index (χ1v) is 5.56. The van der Waals surface area contributed by atoms with Crippen molar-refractivity contribution in [1.29, 1.82) is 0 Å². The maximum absolute atomic E-state index is 5.68. The summed E-state index contributed by atoms with van der Waals surface area (Å²) in [5, 5.41) is 3.28. The van der Waals surface area contributed by atoms with Crippen LogP contribution in [0, 0.1) is 6.92 Å². The summed E-state index contributed by atoms with van der Waals surface area (Å²) >= 11 is 0. The summed E-state index contributed by atoms with van der Waals surface area (Å²) in [5.41, 5.74) is 6.62. The van der Waals surface area contributed by atoms with Gasteiger partial charge in [0.05, 0.1) is 0 Å². The largest absolute Gasteiger partial charge is 0.383 e. The molecule has 4 heteroatoms. The first kappa shape index (κ1) is 11.8. The average molecular weight is 208 g/mol. The molecule has 84 valence electrons. The highest BCUT2D eigenvalue weighted by Crippen LogP contribution is 2.14. The molecule has 0 atom stereocenters. The van der Waals surface area contributed by atoms with E-state index in [4.69, 9.17) is 5.73 Å². The number of nitrogens with two attached hydrogens (primary N) is 1. The molecule has 0 aliphatic carbocycles. The Hall–Kier alpha value is -1.32. The number of unbranched alkanes of at least 4 members (excludes halogenated alkanes) is 3. The average Bonchev–Trinajstić information content (AvgIpc) is 2.24. The molecule has 0 radical (unpaired) electrons. The number of nitrogen functional groups attached to an aromatic ring is 1. The Bertz CT molecular complexity index is 299. The number of hydrogen-bond acceptors (Lipinski definition) is 4. The fraction of sp³-hybridized carbons (Fsp3) is 0.636. The summed E-state index contributed by atoms with van der Waals surface area (Å²) < 4.78 is 0. The van der Waals surface area contributed by atoms with Gasteiger partial charge in [0.1, 0.15) is 18.0 Å². The molecule has 0 bridgehead atoms. The van der Waals surface area contributed by atoms with Crippen LogP contribution in [0.25, 0.3) is 0 Å². The zero-order valence-electron chi connectivity index (χ0n) is 9.58. The van der Waals surface area contributed by atoms with Crippen LogP contribution in [0.15, 0.2) is 6.33 Å². The summed E-state index contributed by atoms with van der Waals surface area (Å²) in [7, 11) is 0. The minimum absolute atomic E-state index is 0.557. The molecular weight excluding hydrogens is 188 g/mol. The molecule has 0 aliphatic rings. The zero-order valence-corrected chi connectivity index (χ0v) is 9.58. The van der Waals surface area contributed by atoms with Crippen molar-refractivity contribution in [1.82, 2.24) is 9.97 Å². The molecule has 1 heterocycles. The van der Waals surface area contributed by atoms with Gasteiger partial charge in [-0.05, 0) is 13.3 Å². The van der Waals surface area contributed by atoms with Gasteiger partial charge in [0, 0.05) is 12.1 Å². The smallest absolute Gasteiger partial charge is 0.134 e. The Morgan fingerprint density at radius 1 is 1.27 bits per heavy atom. The number of anilines is 2. The maximum atomic E-state index is 5.68. The second-order valence-corrected chi connectivity index (χ2v) is 3.72. The standard InChI is InChI=1S/C11H20N4/c1-3-4-5-6-7-13-11-9(2)10(12)14-8-15-11/h8H,3-7H2,1-2H3,(H3,12,13,14,15). The number of nitrogens with one attached hydrogen (secondary N) is 1. The van der Waals surface area contributed by atoms with E-state index in [2.05, 4.69) is 22.2 Å². The second-order valence-electron chi connectivity index (χ2n) is 3.72. The number of aromatic nitrogens is 2. The minimum atomic E-state index is 0.557. The highest BCUT2D eigenvalue weighted by atomic mass is 15.0. The zero-order chi connectivity index (χ0) is 11.1. The van der Waals surface area contributed by atoms with E-state index in [-0.39, 0.29) is 0 Å². The minimum Gasteiger partial charge on any atom is -0.383 e. The van der Waals surface area contributed by atoms with Crippen LogP contribution in [0.3, 0.4) is 0 Å². The first-order chi connectivity index (χ1) is 7.25. The summed E-state index contributed by atoms with van der Waals surface area (Å²) in [5.74, 6) is 1.42. The van der Waals surface area contributed by atoms with Gasteiger partial charge in [0.15, 0.2) is 0 Å². The fourth-order valence-corrected chi connectivity index (χ4v) is 1.40. The molecular formula is C11H20N4. The normalized spacial score (nSPS) is 10.3. The lowest BCUT2D eigenvalue weighted by atomic mass is 10.2. The number of rotatable bonds is 6. The van der Waals surface area contributed by atoms with E-state index in [1.807, 2.05) is 6.92 Å². The number of nitrogens with zero attached hydrogens (tertiary/aromatic N) is 2. The van der Waals surface area contributed by atoms with Crippen molar-refractivity contribution in [3.63, 3.8) is 0 Å². The molecule has 1 rings (SSSR count). The third kappa shape index (κ3) is 3.73. The predicted octanol–water partition coefficient (Wildman–Crippen LogP) is 2.36. The van der Waals surface area contributed by atoms with E-state index in [0.717, 1.165) is 17.9 Å². The summed E-state index contributed by atoms with van der Waals surface area (Å²) in [6.07, 6.45) is 6.50. The van der Waals surface area contributed by atoms with Crippen molar-refractivity contribution in [3.05, 3.63) is 11.9 Å². The summed E-state index contributed by atoms with van der Waals surface area (Å²) in [6, 6.07) is 0. The SMILES string of the molecule is CCCCCCNc1ncnc(N)c1C. The lowest BCUT2D eigenvalue weighted by Crippen LogP contribution is -2.07. The van der Waals surface area contributed by atoms with Crippen LogP contribution in [0.2, 0.25) is 0 Å². The van der Waals surface area contributed by atoms with Crippen LogP contribution in [0.1, 0.15) is 38.2 Å². The van der Waals surface area contributed by atoms with Crippen LogP contribution >= 0.6 is 0 Å². The Balaban J connectivity index is 2.34. The molecule has 0 fully saturated rings. The van der Waals surface area contributed by atoms with E-state index < -0.39 is 0 Å². The van der Waals surface area contributed by atoms with Gasteiger partial charge in [-0.3, -0.25) is 0 Å². The molecule has 1 aromatic rings. The Morgan fingerprint density at radius 3 is 2.80 bits per heavy atom. The molecule has 4 nitrogen and oxygen atoms in total. The van der Waals surface area contributed by atoms with Crippen molar-refractivity contribution in [2.75, 3.05) is 17.6 Å². The van der Waals surface area contributed by atoms with Crippen LogP contribution in [-0.4, -0.2) is 16.5 Å². The van der Waals surface area contributed by atoms with Gasteiger partial charge in [0.25, 0.3) is 0 Å². The molecule has 3 N–H and O–H groups in total. The molecule has 0 spiro atoms. The van der Waals surface area contributed by atoms with Gasteiger partial charge >= 0.3 is 0 Å². The summed E-state index contributed by atoms with van der Waals surface area (Å²) in [4.78, 5) is 8.08. The van der Waals surface area contributed by atoms with Gasteiger partial charge in [-0.15, -0.1) is 0 Å². The number of hydrogen-bond donors (Lipinski definition) is 2. The van der Waals surface area contributed by atoms with Crippen molar-refractivity contribution in [3.8, 4) is 0 Å². The van der Waals surface area contributed by atoms with Gasteiger partial charge in [0.2, 0.25) is 0 Å². The Kier molecular flexibility index (Phi) is 4.87. The maximum Gasteiger partial charge on any atom is 0.134 e. The van der Waals surface area contributed by atoms with Crippen molar-refractivity contribution < 1.29 is 0 Å².